The Kier molecular flexibility index (Phi) is 5.78. The summed E-state index contributed by atoms with van der Waals surface area (Å²) in [5.41, 5.74) is 8.20. The fourth-order valence-corrected chi connectivity index (χ4v) is 4.78. The van der Waals surface area contributed by atoms with Crippen LogP contribution >= 0.6 is 0 Å². The minimum absolute atomic E-state index is 0.0952. The van der Waals surface area contributed by atoms with E-state index in [4.69, 9.17) is 4.98 Å². The molecule has 9 nitrogen and oxygen atoms in total. The molecule has 0 radical (unpaired) electrons. The lowest BCUT2D eigenvalue weighted by Gasteiger charge is -2.08. The van der Waals surface area contributed by atoms with Gasteiger partial charge in [-0.2, -0.15) is 5.10 Å². The Morgan fingerprint density at radius 1 is 0.825 bits per heavy atom. The summed E-state index contributed by atoms with van der Waals surface area (Å²) in [6.45, 7) is 0. The molecule has 0 saturated heterocycles. The number of hydrogen-bond donors (Lipinski definition) is 3. The lowest BCUT2D eigenvalue weighted by atomic mass is 10.0. The first-order valence-electron chi connectivity index (χ1n) is 12.7. The maximum absolute atomic E-state index is 12.6. The molecule has 192 valence electrons. The highest BCUT2D eigenvalue weighted by Crippen LogP contribution is 2.32. The second-order valence-electron chi connectivity index (χ2n) is 9.39. The average Bonchev–Trinajstić information content (AvgIpc) is 3.62. The molecule has 0 bridgehead atoms. The zero-order chi connectivity index (χ0) is 26.9. The molecule has 0 fully saturated rings. The molecular formula is C31H22N8O. The number of H-pyrrole nitrogens is 2. The number of hydrogen-bond acceptors (Lipinski definition) is 6. The van der Waals surface area contributed by atoms with Gasteiger partial charge in [-0.25, -0.2) is 4.98 Å². The van der Waals surface area contributed by atoms with Crippen LogP contribution in [0.4, 0.5) is 5.69 Å². The van der Waals surface area contributed by atoms with Gasteiger partial charge in [-0.05, 0) is 41.5 Å². The Morgan fingerprint density at radius 3 is 2.58 bits per heavy atom. The molecule has 0 unspecified atom stereocenters. The van der Waals surface area contributed by atoms with Gasteiger partial charge < -0.3 is 10.3 Å². The van der Waals surface area contributed by atoms with E-state index >= 15 is 0 Å². The topological polar surface area (TPSA) is 125 Å². The molecule has 0 spiro atoms. The number of aromatic amines is 2. The first-order chi connectivity index (χ1) is 19.7. The highest BCUT2D eigenvalue weighted by molar-refractivity contribution is 5.98. The summed E-state index contributed by atoms with van der Waals surface area (Å²) in [5.74, 6) is 0.533. The fourth-order valence-electron chi connectivity index (χ4n) is 4.78. The third kappa shape index (κ3) is 4.45. The van der Waals surface area contributed by atoms with Crippen molar-refractivity contribution in [3.8, 4) is 33.9 Å². The second kappa shape index (κ2) is 9.88. The Hall–Kier alpha value is -5.70. The van der Waals surface area contributed by atoms with Crippen LogP contribution in [0.5, 0.6) is 0 Å². The van der Waals surface area contributed by atoms with E-state index in [0.29, 0.717) is 23.6 Å². The van der Waals surface area contributed by atoms with E-state index in [2.05, 4.69) is 35.5 Å². The van der Waals surface area contributed by atoms with Gasteiger partial charge in [0.1, 0.15) is 11.2 Å². The van der Waals surface area contributed by atoms with Crippen molar-refractivity contribution in [3.05, 3.63) is 109 Å². The minimum atomic E-state index is -0.0952. The fraction of sp³-hybridized carbons (Fsp3) is 0.0323. The number of nitrogens with zero attached hydrogens (tertiary/aromatic N) is 5. The van der Waals surface area contributed by atoms with E-state index < -0.39 is 0 Å². The van der Waals surface area contributed by atoms with Crippen molar-refractivity contribution < 1.29 is 4.79 Å². The molecule has 3 N–H and O–H groups in total. The van der Waals surface area contributed by atoms with Crippen molar-refractivity contribution >= 4 is 33.5 Å². The Bertz CT molecular complexity index is 1980. The molecule has 9 heteroatoms. The summed E-state index contributed by atoms with van der Waals surface area (Å²) in [5, 5.41) is 11.5. The monoisotopic (exact) mass is 522 g/mol. The van der Waals surface area contributed by atoms with Crippen LogP contribution in [0, 0.1) is 0 Å². The third-order valence-electron chi connectivity index (χ3n) is 6.69. The molecule has 0 atom stereocenters. The van der Waals surface area contributed by atoms with Gasteiger partial charge in [0.15, 0.2) is 5.82 Å². The quantitative estimate of drug-likeness (QED) is 0.253. The largest absolute Gasteiger partial charge is 0.335 e. The molecule has 0 aliphatic rings. The summed E-state index contributed by atoms with van der Waals surface area (Å²) in [4.78, 5) is 34.1. The van der Waals surface area contributed by atoms with Crippen molar-refractivity contribution in [2.24, 2.45) is 0 Å². The number of carbonyl (C=O) groups excluding carboxylic acids is 1. The van der Waals surface area contributed by atoms with Crippen molar-refractivity contribution in [1.29, 1.82) is 0 Å². The summed E-state index contributed by atoms with van der Waals surface area (Å²) in [7, 11) is 0. The van der Waals surface area contributed by atoms with Gasteiger partial charge in [-0.1, -0.05) is 42.5 Å². The molecule has 1 amide bonds. The van der Waals surface area contributed by atoms with Crippen LogP contribution in [-0.2, 0) is 11.2 Å². The van der Waals surface area contributed by atoms with Crippen LogP contribution in [0.3, 0.4) is 0 Å². The number of amides is 1. The molecule has 7 aromatic rings. The normalized spacial score (nSPS) is 11.2. The Balaban J connectivity index is 1.21. The standard InChI is InChI=1S/C31H22N8O/c40-28(12-19-6-2-1-3-7-19)35-22-13-21(15-32-16-22)20-9-10-26-23(14-20)30(39-38-26)31-36-27-18-33-17-24(29(27)37-31)25-8-4-5-11-34-25/h1-11,13-18H,12H2,(H,35,40)(H,36,37)(H,38,39). The molecule has 0 aliphatic heterocycles. The zero-order valence-corrected chi connectivity index (χ0v) is 21.2. The maximum atomic E-state index is 12.6. The number of pyridine rings is 3. The smallest absolute Gasteiger partial charge is 0.228 e. The molecule has 5 heterocycles. The van der Waals surface area contributed by atoms with Gasteiger partial charge >= 0.3 is 0 Å². The van der Waals surface area contributed by atoms with E-state index in [9.17, 15) is 4.79 Å². The number of anilines is 1. The number of imidazole rings is 1. The van der Waals surface area contributed by atoms with Crippen molar-refractivity contribution in [2.45, 2.75) is 6.42 Å². The summed E-state index contributed by atoms with van der Waals surface area (Å²) >= 11 is 0. The third-order valence-corrected chi connectivity index (χ3v) is 6.69. The van der Waals surface area contributed by atoms with Gasteiger partial charge in [0.05, 0.1) is 41.2 Å². The van der Waals surface area contributed by atoms with Gasteiger partial charge in [0.25, 0.3) is 0 Å². The first-order valence-corrected chi connectivity index (χ1v) is 12.7. The number of fused-ring (bicyclic) bond motifs is 2. The van der Waals surface area contributed by atoms with Crippen LogP contribution in [0.15, 0.2) is 104 Å². The van der Waals surface area contributed by atoms with Crippen LogP contribution < -0.4 is 5.32 Å². The Labute approximate surface area is 228 Å². The number of nitrogens with one attached hydrogen (secondary N) is 3. The highest BCUT2D eigenvalue weighted by Gasteiger charge is 2.17. The van der Waals surface area contributed by atoms with E-state index in [0.717, 1.165) is 49.9 Å². The minimum Gasteiger partial charge on any atom is -0.335 e. The summed E-state index contributed by atoms with van der Waals surface area (Å²) in [6.07, 6.45) is 9.00. The molecule has 0 aliphatic carbocycles. The van der Waals surface area contributed by atoms with Gasteiger partial charge in [-0.3, -0.25) is 24.8 Å². The summed E-state index contributed by atoms with van der Waals surface area (Å²) in [6, 6.07) is 23.3. The molecular weight excluding hydrogens is 500 g/mol. The van der Waals surface area contributed by atoms with Crippen LogP contribution in [0.1, 0.15) is 5.56 Å². The van der Waals surface area contributed by atoms with E-state index in [1.165, 1.54) is 0 Å². The predicted octanol–water partition coefficient (Wildman–Crippen LogP) is 5.81. The SMILES string of the molecule is O=C(Cc1ccccc1)Nc1cncc(-c2ccc3[nH]nc(-c4nc5c(-c6ccccn6)cncc5[nH]4)c3c2)c1. The predicted molar refractivity (Wildman–Crippen MR) is 154 cm³/mol. The van der Waals surface area contributed by atoms with Crippen LogP contribution in [-0.4, -0.2) is 41.0 Å². The number of aromatic nitrogens is 7. The zero-order valence-electron chi connectivity index (χ0n) is 21.2. The maximum Gasteiger partial charge on any atom is 0.228 e. The van der Waals surface area contributed by atoms with Gasteiger partial charge in [0, 0.05) is 35.1 Å². The van der Waals surface area contributed by atoms with Crippen molar-refractivity contribution in [1.82, 2.24) is 35.1 Å². The van der Waals surface area contributed by atoms with E-state index in [1.54, 1.807) is 31.0 Å². The van der Waals surface area contributed by atoms with Crippen LogP contribution in [0.2, 0.25) is 0 Å². The lowest BCUT2D eigenvalue weighted by molar-refractivity contribution is -0.115. The lowest BCUT2D eigenvalue weighted by Crippen LogP contribution is -2.14. The molecule has 5 aromatic heterocycles. The average molecular weight is 523 g/mol. The van der Waals surface area contributed by atoms with Crippen molar-refractivity contribution in [3.63, 3.8) is 0 Å². The van der Waals surface area contributed by atoms with E-state index in [-0.39, 0.29) is 5.91 Å². The number of benzene rings is 2. The molecule has 40 heavy (non-hydrogen) atoms. The van der Waals surface area contributed by atoms with Crippen LogP contribution in [0.25, 0.3) is 55.8 Å². The van der Waals surface area contributed by atoms with Gasteiger partial charge in [-0.15, -0.1) is 0 Å². The second-order valence-corrected chi connectivity index (χ2v) is 9.39. The Morgan fingerprint density at radius 2 is 1.70 bits per heavy atom. The van der Waals surface area contributed by atoms with E-state index in [1.807, 2.05) is 72.8 Å². The first kappa shape index (κ1) is 23.4. The van der Waals surface area contributed by atoms with Crippen molar-refractivity contribution in [2.75, 3.05) is 5.32 Å². The number of rotatable bonds is 6. The highest BCUT2D eigenvalue weighted by atomic mass is 16.1. The number of carbonyl (C=O) groups is 1. The molecule has 7 rings (SSSR count). The molecule has 0 saturated carbocycles. The summed E-state index contributed by atoms with van der Waals surface area (Å²) < 4.78 is 0. The molecule has 2 aromatic carbocycles. The van der Waals surface area contributed by atoms with Gasteiger partial charge in [0.2, 0.25) is 5.91 Å².